The van der Waals surface area contributed by atoms with E-state index in [0.717, 1.165) is 26.9 Å². The van der Waals surface area contributed by atoms with Crippen LogP contribution in [0.25, 0.3) is 0 Å². The lowest BCUT2D eigenvalue weighted by atomic mass is 10.0. The maximum atomic E-state index is 12.7. The summed E-state index contributed by atoms with van der Waals surface area (Å²) in [4.78, 5) is 14.6. The Morgan fingerprint density at radius 2 is 2.13 bits per heavy atom. The van der Waals surface area contributed by atoms with Gasteiger partial charge >= 0.3 is 0 Å². The molecule has 0 radical (unpaired) electrons. The van der Waals surface area contributed by atoms with Gasteiger partial charge in [0.25, 0.3) is 5.91 Å². The zero-order chi connectivity index (χ0) is 16.4. The van der Waals surface area contributed by atoms with E-state index in [1.54, 1.807) is 7.11 Å². The number of nitrogens with zero attached hydrogens (tertiary/aromatic N) is 1. The molecule has 2 aromatic carbocycles. The predicted molar refractivity (Wildman–Crippen MR) is 91.5 cm³/mol. The van der Waals surface area contributed by atoms with Crippen LogP contribution in [-0.4, -0.2) is 29.6 Å². The lowest BCUT2D eigenvalue weighted by Crippen LogP contribution is -2.30. The Labute approximate surface area is 143 Å². The lowest BCUT2D eigenvalue weighted by molar-refractivity contribution is 0.0670. The van der Waals surface area contributed by atoms with Crippen LogP contribution in [0.2, 0.25) is 0 Å². The Bertz CT molecular complexity index is 732. The highest BCUT2D eigenvalue weighted by Crippen LogP contribution is 2.35. The minimum atomic E-state index is -0.172. The number of halogens is 1. The number of ether oxygens (including phenoxy) is 1. The summed E-state index contributed by atoms with van der Waals surface area (Å²) in [6.07, 6.45) is 0.494. The zero-order valence-corrected chi connectivity index (χ0v) is 14.4. The van der Waals surface area contributed by atoms with Crippen LogP contribution in [0.1, 0.15) is 33.9 Å². The van der Waals surface area contributed by atoms with Gasteiger partial charge in [0, 0.05) is 23.2 Å². The number of amides is 1. The minimum Gasteiger partial charge on any atom is -0.497 e. The van der Waals surface area contributed by atoms with Gasteiger partial charge in [0.2, 0.25) is 0 Å². The number of rotatable bonds is 5. The summed E-state index contributed by atoms with van der Waals surface area (Å²) in [6, 6.07) is 13.2. The minimum absolute atomic E-state index is 0.00812. The number of hydrogen-bond donors (Lipinski definition) is 1. The van der Waals surface area contributed by atoms with Gasteiger partial charge in [-0.05, 0) is 47.9 Å². The molecule has 0 spiro atoms. The number of carbonyl (C=O) groups excluding carboxylic acids is 1. The highest BCUT2D eigenvalue weighted by molar-refractivity contribution is 9.10. The largest absolute Gasteiger partial charge is 0.497 e. The quantitative estimate of drug-likeness (QED) is 0.869. The van der Waals surface area contributed by atoms with Gasteiger partial charge in [-0.25, -0.2) is 0 Å². The number of carbonyl (C=O) groups is 1. The number of aliphatic hydroxyl groups excluding tert-OH is 1. The third-order valence-corrected chi connectivity index (χ3v) is 4.65. The summed E-state index contributed by atoms with van der Waals surface area (Å²) in [5.74, 6) is 0.756. The first-order chi connectivity index (χ1) is 11.1. The van der Waals surface area contributed by atoms with Crippen LogP contribution in [0.5, 0.6) is 5.75 Å². The first-order valence-corrected chi connectivity index (χ1v) is 8.27. The van der Waals surface area contributed by atoms with Crippen LogP contribution >= 0.6 is 15.9 Å². The summed E-state index contributed by atoms with van der Waals surface area (Å²) in [7, 11) is 1.62. The SMILES string of the molecule is COc1cccc(C(CCO)N2Cc3cc(Br)ccc3C2=O)c1. The number of aliphatic hydroxyl groups is 1. The number of benzene rings is 2. The summed E-state index contributed by atoms with van der Waals surface area (Å²) < 4.78 is 6.24. The van der Waals surface area contributed by atoms with Gasteiger partial charge in [-0.15, -0.1) is 0 Å². The normalized spacial score (nSPS) is 14.7. The van der Waals surface area contributed by atoms with Crippen LogP contribution < -0.4 is 4.74 Å². The molecule has 2 aromatic rings. The molecule has 4 nitrogen and oxygen atoms in total. The fourth-order valence-electron chi connectivity index (χ4n) is 3.04. The second-order valence-electron chi connectivity index (χ2n) is 5.54. The molecule has 1 aliphatic rings. The Morgan fingerprint density at radius 3 is 2.87 bits per heavy atom. The van der Waals surface area contributed by atoms with Gasteiger partial charge in [0.15, 0.2) is 0 Å². The number of hydrogen-bond acceptors (Lipinski definition) is 3. The van der Waals surface area contributed by atoms with E-state index in [9.17, 15) is 9.90 Å². The van der Waals surface area contributed by atoms with Crippen molar-refractivity contribution in [2.75, 3.05) is 13.7 Å². The summed E-state index contributed by atoms with van der Waals surface area (Å²) >= 11 is 3.45. The summed E-state index contributed by atoms with van der Waals surface area (Å²) in [5, 5.41) is 9.46. The molecular weight excluding hydrogens is 358 g/mol. The van der Waals surface area contributed by atoms with Gasteiger partial charge in [-0.1, -0.05) is 28.1 Å². The van der Waals surface area contributed by atoms with E-state index in [-0.39, 0.29) is 18.6 Å². The lowest BCUT2D eigenvalue weighted by Gasteiger charge is -2.28. The molecule has 1 N–H and O–H groups in total. The van der Waals surface area contributed by atoms with Gasteiger partial charge in [0.1, 0.15) is 5.75 Å². The van der Waals surface area contributed by atoms with Gasteiger partial charge in [-0.3, -0.25) is 4.79 Å². The van der Waals surface area contributed by atoms with Crippen molar-refractivity contribution in [1.29, 1.82) is 0 Å². The van der Waals surface area contributed by atoms with Crippen molar-refractivity contribution < 1.29 is 14.6 Å². The topological polar surface area (TPSA) is 49.8 Å². The van der Waals surface area contributed by atoms with E-state index in [0.29, 0.717) is 13.0 Å². The van der Waals surface area contributed by atoms with Crippen molar-refractivity contribution in [3.05, 3.63) is 63.6 Å². The Kier molecular flexibility index (Phi) is 4.68. The van der Waals surface area contributed by atoms with E-state index < -0.39 is 0 Å². The van der Waals surface area contributed by atoms with Crippen LogP contribution in [0.15, 0.2) is 46.9 Å². The molecule has 0 bridgehead atoms. The van der Waals surface area contributed by atoms with Crippen molar-refractivity contribution in [2.45, 2.75) is 19.0 Å². The highest BCUT2D eigenvalue weighted by Gasteiger charge is 2.33. The molecule has 0 saturated heterocycles. The van der Waals surface area contributed by atoms with E-state index in [2.05, 4.69) is 15.9 Å². The fourth-order valence-corrected chi connectivity index (χ4v) is 3.45. The predicted octanol–water partition coefficient (Wildman–Crippen LogP) is 3.54. The molecule has 3 rings (SSSR count). The van der Waals surface area contributed by atoms with Crippen molar-refractivity contribution in [2.24, 2.45) is 0 Å². The van der Waals surface area contributed by atoms with E-state index >= 15 is 0 Å². The van der Waals surface area contributed by atoms with Crippen molar-refractivity contribution in [3.63, 3.8) is 0 Å². The molecular formula is C18H18BrNO3. The van der Waals surface area contributed by atoms with E-state index in [1.807, 2.05) is 47.4 Å². The molecule has 0 aliphatic carbocycles. The summed E-state index contributed by atoms with van der Waals surface area (Å²) in [6.45, 7) is 0.571. The maximum absolute atomic E-state index is 12.7. The van der Waals surface area contributed by atoms with Crippen LogP contribution in [0.3, 0.4) is 0 Å². The third kappa shape index (κ3) is 3.12. The van der Waals surface area contributed by atoms with Crippen molar-refractivity contribution in [3.8, 4) is 5.75 Å². The van der Waals surface area contributed by atoms with E-state index in [1.165, 1.54) is 0 Å². The Morgan fingerprint density at radius 1 is 1.30 bits per heavy atom. The van der Waals surface area contributed by atoms with Crippen molar-refractivity contribution in [1.82, 2.24) is 4.90 Å². The zero-order valence-electron chi connectivity index (χ0n) is 12.8. The average Bonchev–Trinajstić information content (AvgIpc) is 2.88. The standard InChI is InChI=1S/C18H18BrNO3/c1-23-15-4-2-3-12(10-15)17(7-8-21)20-11-13-9-14(19)5-6-16(13)18(20)22/h2-6,9-10,17,21H,7-8,11H2,1H3. The second kappa shape index (κ2) is 6.72. The molecule has 0 aromatic heterocycles. The first-order valence-electron chi connectivity index (χ1n) is 7.48. The third-order valence-electron chi connectivity index (χ3n) is 4.16. The molecule has 1 amide bonds. The molecule has 1 aliphatic heterocycles. The van der Waals surface area contributed by atoms with Crippen molar-refractivity contribution >= 4 is 21.8 Å². The highest BCUT2D eigenvalue weighted by atomic mass is 79.9. The van der Waals surface area contributed by atoms with E-state index in [4.69, 9.17) is 4.74 Å². The number of fused-ring (bicyclic) bond motifs is 1. The maximum Gasteiger partial charge on any atom is 0.255 e. The Balaban J connectivity index is 1.95. The Hall–Kier alpha value is -1.85. The average molecular weight is 376 g/mol. The van der Waals surface area contributed by atoms with Gasteiger partial charge in [0.05, 0.1) is 13.2 Å². The van der Waals surface area contributed by atoms with Crippen LogP contribution in [0.4, 0.5) is 0 Å². The molecule has 1 unspecified atom stereocenters. The molecule has 1 heterocycles. The van der Waals surface area contributed by atoms with Gasteiger partial charge < -0.3 is 14.7 Å². The van der Waals surface area contributed by atoms with Crippen LogP contribution in [0, 0.1) is 0 Å². The molecule has 0 saturated carbocycles. The molecule has 1 atom stereocenters. The first kappa shape index (κ1) is 16.0. The second-order valence-corrected chi connectivity index (χ2v) is 6.45. The molecule has 5 heteroatoms. The smallest absolute Gasteiger partial charge is 0.255 e. The fraction of sp³-hybridized carbons (Fsp3) is 0.278. The van der Waals surface area contributed by atoms with Gasteiger partial charge in [-0.2, -0.15) is 0 Å². The summed E-state index contributed by atoms with van der Waals surface area (Å²) in [5.41, 5.74) is 2.72. The molecule has 23 heavy (non-hydrogen) atoms. The van der Waals surface area contributed by atoms with Crippen LogP contribution in [-0.2, 0) is 6.54 Å². The molecule has 0 fully saturated rings. The number of methoxy groups -OCH3 is 1. The molecule has 120 valence electrons. The monoisotopic (exact) mass is 375 g/mol.